The lowest BCUT2D eigenvalue weighted by atomic mass is 10.0. The molecule has 2 heterocycles. The standard InChI is InChI=1S/C24H37N3O6S/c1-22(2,3)33-21(32)25-17-19(29)27-12-9-11-16(27)18(28)26-24(20(30)31)14-15(24)10-7-6-8-13-34-23(17,4)5/h7,10,15-17H,6,8-9,11-14H2,1-5H3,(H,25,32)(H,26,28)(H,30,31)/b10-7-/t15-,16+,17-,24-/m1/s1. The van der Waals surface area contributed by atoms with Crippen LogP contribution in [0.1, 0.15) is 66.7 Å². The highest BCUT2D eigenvalue weighted by molar-refractivity contribution is 8.00. The number of nitrogens with one attached hydrogen (secondary N) is 2. The SMILES string of the molecule is CC(C)(C)OC(=O)N[C@@H]1C(=O)N2CCC[C@H]2C(=O)N[C@]2(C(=O)O)C[C@H]2/C=C\CCCSC1(C)C. The molecule has 2 fully saturated rings. The first-order valence-corrected chi connectivity index (χ1v) is 12.9. The van der Waals surface area contributed by atoms with Gasteiger partial charge in [0.1, 0.15) is 23.2 Å². The Morgan fingerprint density at radius 3 is 2.62 bits per heavy atom. The molecule has 0 bridgehead atoms. The number of amides is 3. The van der Waals surface area contributed by atoms with E-state index in [1.807, 2.05) is 26.0 Å². The summed E-state index contributed by atoms with van der Waals surface area (Å²) in [6.45, 7) is 9.44. The number of carboxylic acids is 1. The fourth-order valence-electron chi connectivity index (χ4n) is 4.57. The molecule has 0 aromatic rings. The predicted octanol–water partition coefficient (Wildman–Crippen LogP) is 2.69. The number of ether oxygens (including phenoxy) is 1. The summed E-state index contributed by atoms with van der Waals surface area (Å²) in [6, 6.07) is -1.69. The zero-order chi connectivity index (χ0) is 25.3. The number of carboxylic acid groups (broad SMARTS) is 1. The van der Waals surface area contributed by atoms with Gasteiger partial charge in [-0.1, -0.05) is 12.2 Å². The molecule has 9 nitrogen and oxygen atoms in total. The van der Waals surface area contributed by atoms with Gasteiger partial charge in [0.2, 0.25) is 11.8 Å². The molecule has 0 aromatic heterocycles. The zero-order valence-electron chi connectivity index (χ0n) is 20.7. The van der Waals surface area contributed by atoms with Gasteiger partial charge in [0.15, 0.2) is 0 Å². The van der Waals surface area contributed by atoms with Crippen molar-refractivity contribution in [1.82, 2.24) is 15.5 Å². The predicted molar refractivity (Wildman–Crippen MR) is 129 cm³/mol. The second-order valence-electron chi connectivity index (χ2n) is 10.9. The Balaban J connectivity index is 1.90. The van der Waals surface area contributed by atoms with Crippen LogP contribution in [-0.4, -0.2) is 74.2 Å². The van der Waals surface area contributed by atoms with E-state index >= 15 is 0 Å². The molecule has 3 rings (SSSR count). The van der Waals surface area contributed by atoms with Crippen molar-refractivity contribution >= 4 is 35.6 Å². The fraction of sp³-hybridized carbons (Fsp3) is 0.750. The van der Waals surface area contributed by atoms with Gasteiger partial charge in [0.05, 0.1) is 0 Å². The Morgan fingerprint density at radius 2 is 1.97 bits per heavy atom. The topological polar surface area (TPSA) is 125 Å². The normalized spacial score (nSPS) is 32.9. The lowest BCUT2D eigenvalue weighted by Gasteiger charge is -2.37. The Labute approximate surface area is 205 Å². The average molecular weight is 496 g/mol. The third-order valence-electron chi connectivity index (χ3n) is 6.54. The number of alkyl carbamates (subject to hydrolysis) is 1. The summed E-state index contributed by atoms with van der Waals surface area (Å²) < 4.78 is 4.75. The first kappa shape index (κ1) is 26.4. The van der Waals surface area contributed by atoms with Crippen molar-refractivity contribution in [2.45, 2.75) is 94.7 Å². The highest BCUT2D eigenvalue weighted by atomic mass is 32.2. The Hall–Kier alpha value is -2.23. The molecule has 2 aliphatic heterocycles. The minimum Gasteiger partial charge on any atom is -0.479 e. The van der Waals surface area contributed by atoms with Crippen molar-refractivity contribution in [2.24, 2.45) is 5.92 Å². The second-order valence-corrected chi connectivity index (χ2v) is 12.6. The molecule has 1 saturated heterocycles. The highest BCUT2D eigenvalue weighted by Crippen LogP contribution is 2.45. The third kappa shape index (κ3) is 5.87. The summed E-state index contributed by atoms with van der Waals surface area (Å²) in [7, 11) is 0. The molecule has 3 N–H and O–H groups in total. The van der Waals surface area contributed by atoms with Crippen molar-refractivity contribution in [3.8, 4) is 0 Å². The van der Waals surface area contributed by atoms with Gasteiger partial charge >= 0.3 is 12.1 Å². The van der Waals surface area contributed by atoms with Crippen molar-refractivity contribution in [1.29, 1.82) is 0 Å². The average Bonchev–Trinajstić information content (AvgIpc) is 3.17. The molecule has 4 atom stereocenters. The number of nitrogens with zero attached hydrogens (tertiary/aromatic N) is 1. The molecule has 10 heteroatoms. The van der Waals surface area contributed by atoms with Crippen LogP contribution in [0.2, 0.25) is 0 Å². The molecule has 1 saturated carbocycles. The van der Waals surface area contributed by atoms with E-state index in [1.54, 1.807) is 32.5 Å². The zero-order valence-corrected chi connectivity index (χ0v) is 21.5. The number of allylic oxidation sites excluding steroid dienone is 1. The number of hydrogen-bond donors (Lipinski definition) is 3. The van der Waals surface area contributed by atoms with E-state index in [4.69, 9.17) is 4.74 Å². The molecule has 34 heavy (non-hydrogen) atoms. The van der Waals surface area contributed by atoms with Gasteiger partial charge in [0.25, 0.3) is 0 Å². The number of rotatable bonds is 2. The molecule has 190 valence electrons. The summed E-state index contributed by atoms with van der Waals surface area (Å²) in [6.07, 6.45) is 6.17. The van der Waals surface area contributed by atoms with Crippen LogP contribution in [0.4, 0.5) is 4.79 Å². The van der Waals surface area contributed by atoms with Crippen molar-refractivity contribution in [2.75, 3.05) is 12.3 Å². The maximum Gasteiger partial charge on any atom is 0.408 e. The van der Waals surface area contributed by atoms with Crippen LogP contribution in [0.15, 0.2) is 12.2 Å². The van der Waals surface area contributed by atoms with Gasteiger partial charge in [0, 0.05) is 17.2 Å². The van der Waals surface area contributed by atoms with E-state index in [-0.39, 0.29) is 11.8 Å². The van der Waals surface area contributed by atoms with Crippen LogP contribution >= 0.6 is 11.8 Å². The highest BCUT2D eigenvalue weighted by Gasteiger charge is 2.61. The van der Waals surface area contributed by atoms with Crippen molar-refractivity contribution in [3.63, 3.8) is 0 Å². The van der Waals surface area contributed by atoms with E-state index in [9.17, 15) is 24.3 Å². The first-order chi connectivity index (χ1) is 15.8. The van der Waals surface area contributed by atoms with E-state index < -0.39 is 45.9 Å². The molecule has 0 radical (unpaired) electrons. The van der Waals surface area contributed by atoms with E-state index in [2.05, 4.69) is 10.6 Å². The maximum atomic E-state index is 13.8. The Bertz CT molecular complexity index is 867. The number of carbonyl (C=O) groups is 4. The van der Waals surface area contributed by atoms with E-state index in [1.165, 1.54) is 4.90 Å². The van der Waals surface area contributed by atoms with Crippen LogP contribution in [0.3, 0.4) is 0 Å². The molecular weight excluding hydrogens is 458 g/mol. The van der Waals surface area contributed by atoms with E-state index in [0.29, 0.717) is 25.8 Å². The van der Waals surface area contributed by atoms with Gasteiger partial charge in [-0.2, -0.15) is 11.8 Å². The molecule has 3 aliphatic rings. The second kappa shape index (κ2) is 9.79. The molecule has 0 aromatic carbocycles. The van der Waals surface area contributed by atoms with Crippen LogP contribution in [0, 0.1) is 5.92 Å². The van der Waals surface area contributed by atoms with Gasteiger partial charge in [-0.3, -0.25) is 9.59 Å². The third-order valence-corrected chi connectivity index (χ3v) is 8.01. The summed E-state index contributed by atoms with van der Waals surface area (Å²) in [5.74, 6) is -1.37. The number of fused-ring (bicyclic) bond motifs is 2. The molecule has 0 unspecified atom stereocenters. The van der Waals surface area contributed by atoms with Crippen LogP contribution in [0.5, 0.6) is 0 Å². The first-order valence-electron chi connectivity index (χ1n) is 11.9. The summed E-state index contributed by atoms with van der Waals surface area (Å²) in [4.78, 5) is 53.1. The van der Waals surface area contributed by atoms with Gasteiger partial charge in [-0.25, -0.2) is 9.59 Å². The number of hydrogen-bond acceptors (Lipinski definition) is 6. The smallest absolute Gasteiger partial charge is 0.408 e. The number of aliphatic carboxylic acids is 1. The van der Waals surface area contributed by atoms with Gasteiger partial charge in [-0.15, -0.1) is 0 Å². The lowest BCUT2D eigenvalue weighted by molar-refractivity contribution is -0.145. The minimum atomic E-state index is -1.31. The lowest BCUT2D eigenvalue weighted by Crippen LogP contribution is -2.61. The fourth-order valence-corrected chi connectivity index (χ4v) is 5.74. The largest absolute Gasteiger partial charge is 0.479 e. The molecule has 0 spiro atoms. The Morgan fingerprint density at radius 1 is 1.26 bits per heavy atom. The van der Waals surface area contributed by atoms with Gasteiger partial charge in [-0.05, 0) is 72.5 Å². The monoisotopic (exact) mass is 495 g/mol. The quantitative estimate of drug-likeness (QED) is 0.503. The number of carbonyl (C=O) groups excluding carboxylic acids is 3. The van der Waals surface area contributed by atoms with Gasteiger partial charge < -0.3 is 25.4 Å². The molecule has 1 aliphatic carbocycles. The Kier molecular flexibility index (Phi) is 7.60. The summed E-state index contributed by atoms with van der Waals surface area (Å²) in [5, 5.41) is 15.3. The summed E-state index contributed by atoms with van der Waals surface area (Å²) >= 11 is 1.59. The van der Waals surface area contributed by atoms with E-state index in [0.717, 1.165) is 18.6 Å². The molecular formula is C24H37N3O6S. The van der Waals surface area contributed by atoms with Crippen molar-refractivity contribution < 1.29 is 29.0 Å². The summed E-state index contributed by atoms with van der Waals surface area (Å²) in [5.41, 5.74) is -2.04. The van der Waals surface area contributed by atoms with Crippen molar-refractivity contribution in [3.05, 3.63) is 12.2 Å². The van der Waals surface area contributed by atoms with Crippen LogP contribution in [0.25, 0.3) is 0 Å². The maximum absolute atomic E-state index is 13.8. The minimum absolute atomic E-state index is 0.254. The molecule has 3 amide bonds. The number of thioether (sulfide) groups is 1. The van der Waals surface area contributed by atoms with Crippen LogP contribution < -0.4 is 10.6 Å². The van der Waals surface area contributed by atoms with Crippen LogP contribution in [-0.2, 0) is 19.1 Å².